The van der Waals surface area contributed by atoms with Gasteiger partial charge in [0.25, 0.3) is 0 Å². The van der Waals surface area contributed by atoms with E-state index >= 15 is 0 Å². The number of fused-ring (bicyclic) bond motifs is 3. The predicted molar refractivity (Wildman–Crippen MR) is 149 cm³/mol. The van der Waals surface area contributed by atoms with Crippen LogP contribution in [0.4, 0.5) is 0 Å². The number of rotatable bonds is 19. The summed E-state index contributed by atoms with van der Waals surface area (Å²) in [6.07, 6.45) is 19.4. The highest BCUT2D eigenvalue weighted by Crippen LogP contribution is 2.27. The lowest BCUT2D eigenvalue weighted by Gasteiger charge is -2.09. The Labute approximate surface area is 212 Å². The van der Waals surface area contributed by atoms with E-state index in [1.807, 2.05) is 24.3 Å². The van der Waals surface area contributed by atoms with Crippen LogP contribution in [0.15, 0.2) is 36.4 Å². The van der Waals surface area contributed by atoms with Crippen molar-refractivity contribution in [1.29, 1.82) is 0 Å². The predicted octanol–water partition coefficient (Wildman–Crippen LogP) is 9.43. The zero-order chi connectivity index (χ0) is 24.6. The number of unbranched alkanes of at least 4 members (excludes halogenated alkanes) is 13. The standard InChI is InChI=1S/C31H46N2O2/c1-3-5-7-9-11-13-15-17-25-35-31-23-19-27-26-18-22-30(32-28(26)20-21-29(27)33-31)34-24-16-14-12-10-8-6-4-2/h18-23H,3-17,24-25H2,1-2H3. The molecule has 0 fully saturated rings. The minimum absolute atomic E-state index is 0.709. The summed E-state index contributed by atoms with van der Waals surface area (Å²) in [5.74, 6) is 1.42. The van der Waals surface area contributed by atoms with Crippen LogP contribution in [-0.4, -0.2) is 23.2 Å². The summed E-state index contributed by atoms with van der Waals surface area (Å²) in [5, 5.41) is 2.21. The average Bonchev–Trinajstić information content (AvgIpc) is 2.89. The van der Waals surface area contributed by atoms with Crippen molar-refractivity contribution < 1.29 is 9.47 Å². The fourth-order valence-corrected chi connectivity index (χ4v) is 4.59. The van der Waals surface area contributed by atoms with Crippen LogP contribution >= 0.6 is 0 Å². The van der Waals surface area contributed by atoms with Gasteiger partial charge in [-0.15, -0.1) is 0 Å². The fourth-order valence-electron chi connectivity index (χ4n) is 4.59. The van der Waals surface area contributed by atoms with Crippen molar-refractivity contribution in [2.45, 2.75) is 110 Å². The van der Waals surface area contributed by atoms with E-state index in [0.717, 1.165) is 47.9 Å². The van der Waals surface area contributed by atoms with Gasteiger partial charge in [-0.25, -0.2) is 9.97 Å². The van der Waals surface area contributed by atoms with E-state index in [1.54, 1.807) is 0 Å². The molecule has 0 bridgehead atoms. The van der Waals surface area contributed by atoms with Crippen LogP contribution in [0.1, 0.15) is 110 Å². The molecule has 0 radical (unpaired) electrons. The van der Waals surface area contributed by atoms with Crippen LogP contribution in [-0.2, 0) is 0 Å². The summed E-state index contributed by atoms with van der Waals surface area (Å²) in [6, 6.07) is 12.2. The summed E-state index contributed by atoms with van der Waals surface area (Å²) in [5.41, 5.74) is 1.90. The first kappa shape index (κ1) is 27.2. The van der Waals surface area contributed by atoms with Gasteiger partial charge in [0.1, 0.15) is 0 Å². The Balaban J connectivity index is 1.43. The van der Waals surface area contributed by atoms with Crippen molar-refractivity contribution in [3.05, 3.63) is 36.4 Å². The largest absolute Gasteiger partial charge is 0.478 e. The second-order valence-electron chi connectivity index (χ2n) is 9.79. The normalized spacial score (nSPS) is 11.4. The second-order valence-corrected chi connectivity index (χ2v) is 9.79. The number of nitrogens with zero attached hydrogens (tertiary/aromatic N) is 2. The molecule has 0 spiro atoms. The quantitative estimate of drug-likeness (QED) is 0.127. The van der Waals surface area contributed by atoms with Gasteiger partial charge in [0.05, 0.1) is 24.2 Å². The minimum atomic E-state index is 0.709. The van der Waals surface area contributed by atoms with Gasteiger partial charge in [-0.1, -0.05) is 97.3 Å². The molecule has 4 heteroatoms. The summed E-state index contributed by atoms with van der Waals surface area (Å²) < 4.78 is 11.9. The van der Waals surface area contributed by atoms with Crippen LogP contribution in [0, 0.1) is 0 Å². The lowest BCUT2D eigenvalue weighted by Crippen LogP contribution is -2.00. The molecule has 2 aromatic heterocycles. The molecule has 2 heterocycles. The maximum absolute atomic E-state index is 5.94. The van der Waals surface area contributed by atoms with Gasteiger partial charge in [0.15, 0.2) is 0 Å². The molecule has 0 N–H and O–H groups in total. The Morgan fingerprint density at radius 1 is 0.457 bits per heavy atom. The van der Waals surface area contributed by atoms with Gasteiger partial charge in [-0.3, -0.25) is 0 Å². The van der Waals surface area contributed by atoms with Gasteiger partial charge < -0.3 is 9.47 Å². The van der Waals surface area contributed by atoms with Crippen LogP contribution < -0.4 is 9.47 Å². The van der Waals surface area contributed by atoms with E-state index in [-0.39, 0.29) is 0 Å². The van der Waals surface area contributed by atoms with E-state index in [1.165, 1.54) is 83.5 Å². The fraction of sp³-hybridized carbons (Fsp3) is 0.613. The van der Waals surface area contributed by atoms with E-state index in [9.17, 15) is 0 Å². The number of aromatic nitrogens is 2. The maximum atomic E-state index is 5.94. The van der Waals surface area contributed by atoms with Crippen molar-refractivity contribution in [2.75, 3.05) is 13.2 Å². The second kappa shape index (κ2) is 16.3. The average molecular weight is 479 g/mol. The summed E-state index contributed by atoms with van der Waals surface area (Å²) in [7, 11) is 0. The van der Waals surface area contributed by atoms with E-state index < -0.39 is 0 Å². The van der Waals surface area contributed by atoms with Gasteiger partial charge in [0.2, 0.25) is 11.8 Å². The molecule has 0 atom stereocenters. The molecule has 192 valence electrons. The van der Waals surface area contributed by atoms with Gasteiger partial charge in [-0.05, 0) is 37.1 Å². The van der Waals surface area contributed by atoms with E-state index in [0.29, 0.717) is 11.8 Å². The first-order chi connectivity index (χ1) is 17.3. The lowest BCUT2D eigenvalue weighted by atomic mass is 10.1. The molecule has 3 aromatic rings. The van der Waals surface area contributed by atoms with Crippen molar-refractivity contribution in [1.82, 2.24) is 9.97 Å². The van der Waals surface area contributed by atoms with Gasteiger partial charge >= 0.3 is 0 Å². The monoisotopic (exact) mass is 478 g/mol. The zero-order valence-electron chi connectivity index (χ0n) is 22.2. The first-order valence-electron chi connectivity index (χ1n) is 14.3. The van der Waals surface area contributed by atoms with Gasteiger partial charge in [-0.2, -0.15) is 0 Å². The summed E-state index contributed by atoms with van der Waals surface area (Å²) >= 11 is 0. The Morgan fingerprint density at radius 3 is 1.23 bits per heavy atom. The Kier molecular flexibility index (Phi) is 12.7. The lowest BCUT2D eigenvalue weighted by molar-refractivity contribution is 0.294. The molecule has 0 saturated carbocycles. The summed E-state index contributed by atoms with van der Waals surface area (Å²) in [4.78, 5) is 9.46. The number of pyridine rings is 2. The highest BCUT2D eigenvalue weighted by molar-refractivity contribution is 6.04. The number of benzene rings is 1. The van der Waals surface area contributed by atoms with Crippen LogP contribution in [0.2, 0.25) is 0 Å². The van der Waals surface area contributed by atoms with Crippen molar-refractivity contribution in [3.8, 4) is 11.8 Å². The smallest absolute Gasteiger partial charge is 0.213 e. The van der Waals surface area contributed by atoms with Crippen LogP contribution in [0.5, 0.6) is 11.8 Å². The molecule has 3 rings (SSSR count). The molecular weight excluding hydrogens is 432 g/mol. The third-order valence-corrected chi connectivity index (χ3v) is 6.73. The Bertz CT molecular complexity index is 988. The Morgan fingerprint density at radius 2 is 0.829 bits per heavy atom. The third-order valence-electron chi connectivity index (χ3n) is 6.73. The number of hydrogen-bond acceptors (Lipinski definition) is 4. The first-order valence-corrected chi connectivity index (χ1v) is 14.3. The van der Waals surface area contributed by atoms with Crippen molar-refractivity contribution in [3.63, 3.8) is 0 Å². The maximum Gasteiger partial charge on any atom is 0.213 e. The van der Waals surface area contributed by atoms with E-state index in [4.69, 9.17) is 19.4 Å². The molecule has 1 aromatic carbocycles. The van der Waals surface area contributed by atoms with Crippen LogP contribution in [0.25, 0.3) is 21.8 Å². The molecule has 0 aliphatic heterocycles. The number of ether oxygens (including phenoxy) is 2. The third kappa shape index (κ3) is 9.66. The number of hydrogen-bond donors (Lipinski definition) is 0. The molecule has 4 nitrogen and oxygen atoms in total. The molecule has 0 saturated heterocycles. The van der Waals surface area contributed by atoms with Crippen molar-refractivity contribution in [2.24, 2.45) is 0 Å². The highest BCUT2D eigenvalue weighted by Gasteiger charge is 2.07. The topological polar surface area (TPSA) is 44.2 Å². The summed E-state index contributed by atoms with van der Waals surface area (Å²) in [6.45, 7) is 6.00. The molecule has 0 amide bonds. The Hall–Kier alpha value is -2.36. The zero-order valence-corrected chi connectivity index (χ0v) is 22.2. The van der Waals surface area contributed by atoms with Crippen LogP contribution in [0.3, 0.4) is 0 Å². The highest BCUT2D eigenvalue weighted by atomic mass is 16.5. The molecule has 35 heavy (non-hydrogen) atoms. The molecule has 0 aliphatic carbocycles. The molecular formula is C31H46N2O2. The van der Waals surface area contributed by atoms with E-state index in [2.05, 4.69) is 26.0 Å². The van der Waals surface area contributed by atoms with Gasteiger partial charge in [0, 0.05) is 22.9 Å². The molecule has 0 unspecified atom stereocenters. The SMILES string of the molecule is CCCCCCCCCCOc1ccc2c(ccc3nc(OCCCCCCCCC)ccc32)n1. The molecule has 0 aliphatic rings. The van der Waals surface area contributed by atoms with Crippen molar-refractivity contribution >= 4 is 21.8 Å². The minimum Gasteiger partial charge on any atom is -0.478 e.